The average molecular weight is 509 g/mol. The van der Waals surface area contributed by atoms with E-state index in [4.69, 9.17) is 14.2 Å². The van der Waals surface area contributed by atoms with Crippen LogP contribution in [0.1, 0.15) is 31.1 Å². The molecular weight excluding hydrogens is 484 g/mol. The number of hydrogen-bond acceptors (Lipinski definition) is 8. The molecule has 8 heteroatoms. The number of rotatable bonds is 7. The predicted octanol–water partition coefficient (Wildman–Crippen LogP) is 5.10. The highest BCUT2D eigenvalue weighted by atomic mass is 32.2. The van der Waals surface area contributed by atoms with Crippen LogP contribution in [0.5, 0.6) is 0 Å². The Kier molecular flexibility index (Phi) is 8.76. The summed E-state index contributed by atoms with van der Waals surface area (Å²) >= 11 is 2.11. The van der Waals surface area contributed by atoms with E-state index in [-0.39, 0.29) is 16.8 Å². The summed E-state index contributed by atoms with van der Waals surface area (Å²) in [6, 6.07) is 26.3. The molecule has 1 heterocycles. The first-order valence-electron chi connectivity index (χ1n) is 11.0. The van der Waals surface area contributed by atoms with Crippen molar-refractivity contribution in [3.05, 3.63) is 108 Å². The molecule has 35 heavy (non-hydrogen) atoms. The third-order valence-corrected chi connectivity index (χ3v) is 8.06. The summed E-state index contributed by atoms with van der Waals surface area (Å²) in [6.07, 6.45) is -1.80. The van der Waals surface area contributed by atoms with E-state index in [0.29, 0.717) is 16.7 Å². The second kappa shape index (κ2) is 12.2. The fraction of sp³-hybridized carbons (Fsp3) is 0.222. The van der Waals surface area contributed by atoms with Gasteiger partial charge in [0.25, 0.3) is 0 Å². The first kappa shape index (κ1) is 25.2. The Morgan fingerprint density at radius 1 is 0.743 bits per heavy atom. The molecule has 0 spiro atoms. The molecule has 1 aliphatic heterocycles. The number of carbonyl (C=O) groups excluding carboxylic acids is 3. The van der Waals surface area contributed by atoms with Crippen molar-refractivity contribution in [2.24, 2.45) is 0 Å². The number of thioether (sulfide) groups is 2. The number of esters is 1. The molecule has 6 nitrogen and oxygen atoms in total. The van der Waals surface area contributed by atoms with Crippen molar-refractivity contribution in [1.29, 1.82) is 0 Å². The molecule has 0 amide bonds. The summed E-state index contributed by atoms with van der Waals surface area (Å²) in [4.78, 5) is 39.1. The molecule has 4 atom stereocenters. The second-order valence-electron chi connectivity index (χ2n) is 7.72. The summed E-state index contributed by atoms with van der Waals surface area (Å²) in [6.45, 7) is 0.154. The minimum atomic E-state index is -0.916. The standard InChI is InChI=1S/C27H24O6S2/c1-31-27-22(33-24(28)18-11-5-2-6-12-18)23(35-26(30)20-15-9-4-10-16-20)21(17-32-27)34-25(29)19-13-7-3-8-14-19/h2-16,21-23,27H,17H2,1H3/t21-,22+,23-,27+/m1/s1. The van der Waals surface area contributed by atoms with E-state index in [1.165, 1.54) is 7.11 Å². The fourth-order valence-electron chi connectivity index (χ4n) is 3.63. The van der Waals surface area contributed by atoms with Crippen LogP contribution in [-0.4, -0.2) is 52.8 Å². The summed E-state index contributed by atoms with van der Waals surface area (Å²) in [5.74, 6) is -0.556. The molecule has 0 aromatic heterocycles. The minimum Gasteiger partial charge on any atom is -0.452 e. The van der Waals surface area contributed by atoms with Crippen molar-refractivity contribution in [2.45, 2.75) is 22.9 Å². The SMILES string of the molecule is CO[C@H]1OC[C@@H](SC(=O)c2ccccc2)[C@@H](SC(=O)c2ccccc2)[C@@H]1OC(=O)c1ccccc1. The lowest BCUT2D eigenvalue weighted by atomic mass is 10.1. The first-order chi connectivity index (χ1) is 17.1. The third-order valence-electron chi connectivity index (χ3n) is 5.39. The summed E-state index contributed by atoms with van der Waals surface area (Å²) in [5.41, 5.74) is 1.43. The van der Waals surface area contributed by atoms with Gasteiger partial charge in [-0.3, -0.25) is 9.59 Å². The third kappa shape index (κ3) is 6.41. The Bertz CT molecular complexity index is 1140. The van der Waals surface area contributed by atoms with Gasteiger partial charge in [0.2, 0.25) is 10.2 Å². The van der Waals surface area contributed by atoms with E-state index < -0.39 is 28.9 Å². The van der Waals surface area contributed by atoms with Crippen LogP contribution in [-0.2, 0) is 14.2 Å². The summed E-state index contributed by atoms with van der Waals surface area (Å²) < 4.78 is 17.2. The van der Waals surface area contributed by atoms with Crippen molar-refractivity contribution in [3.8, 4) is 0 Å². The Balaban J connectivity index is 1.62. The largest absolute Gasteiger partial charge is 0.452 e. The highest BCUT2D eigenvalue weighted by Gasteiger charge is 2.46. The van der Waals surface area contributed by atoms with Crippen LogP contribution in [0.15, 0.2) is 91.0 Å². The maximum atomic E-state index is 13.2. The zero-order chi connectivity index (χ0) is 24.6. The molecule has 0 unspecified atom stereocenters. The normalized spacial score (nSPS) is 21.7. The van der Waals surface area contributed by atoms with E-state index in [2.05, 4.69) is 0 Å². The van der Waals surface area contributed by atoms with E-state index in [0.717, 1.165) is 23.5 Å². The van der Waals surface area contributed by atoms with Gasteiger partial charge in [-0.05, 0) is 12.1 Å². The van der Waals surface area contributed by atoms with E-state index in [1.807, 2.05) is 12.1 Å². The maximum Gasteiger partial charge on any atom is 0.338 e. The zero-order valence-corrected chi connectivity index (χ0v) is 20.6. The molecule has 0 bridgehead atoms. The van der Waals surface area contributed by atoms with Crippen molar-refractivity contribution < 1.29 is 28.6 Å². The van der Waals surface area contributed by atoms with Gasteiger partial charge in [-0.2, -0.15) is 0 Å². The number of carbonyl (C=O) groups is 3. The first-order valence-corrected chi connectivity index (χ1v) is 12.7. The molecule has 0 radical (unpaired) electrons. The van der Waals surface area contributed by atoms with Crippen molar-refractivity contribution >= 4 is 39.7 Å². The van der Waals surface area contributed by atoms with Crippen LogP contribution in [0.2, 0.25) is 0 Å². The van der Waals surface area contributed by atoms with Crippen molar-refractivity contribution in [3.63, 3.8) is 0 Å². The van der Waals surface area contributed by atoms with Gasteiger partial charge in [0.15, 0.2) is 12.4 Å². The fourth-order valence-corrected chi connectivity index (χ4v) is 6.01. The Morgan fingerprint density at radius 2 is 1.23 bits per heavy atom. The molecule has 0 aliphatic carbocycles. The molecule has 3 aromatic rings. The lowest BCUT2D eigenvalue weighted by Crippen LogP contribution is -2.53. The average Bonchev–Trinajstić information content (AvgIpc) is 2.91. The second-order valence-corrected chi connectivity index (χ2v) is 10.1. The monoisotopic (exact) mass is 508 g/mol. The molecule has 180 valence electrons. The topological polar surface area (TPSA) is 78.9 Å². The quantitative estimate of drug-likeness (QED) is 0.408. The van der Waals surface area contributed by atoms with Gasteiger partial charge in [-0.15, -0.1) is 0 Å². The van der Waals surface area contributed by atoms with Crippen molar-refractivity contribution in [2.75, 3.05) is 13.7 Å². The van der Waals surface area contributed by atoms with Crippen LogP contribution < -0.4 is 0 Å². The molecule has 3 aromatic carbocycles. The molecule has 0 N–H and O–H groups in total. The molecule has 0 saturated carbocycles. The van der Waals surface area contributed by atoms with Crippen LogP contribution in [0.3, 0.4) is 0 Å². The van der Waals surface area contributed by atoms with Crippen LogP contribution in [0, 0.1) is 0 Å². The number of benzene rings is 3. The van der Waals surface area contributed by atoms with Gasteiger partial charge in [-0.25, -0.2) is 4.79 Å². The Morgan fingerprint density at radius 3 is 1.74 bits per heavy atom. The highest BCUT2D eigenvalue weighted by molar-refractivity contribution is 8.18. The maximum absolute atomic E-state index is 13.2. The van der Waals surface area contributed by atoms with Gasteiger partial charge < -0.3 is 14.2 Å². The van der Waals surface area contributed by atoms with Crippen LogP contribution in [0.4, 0.5) is 0 Å². The Labute approximate surface area is 212 Å². The highest BCUT2D eigenvalue weighted by Crippen LogP contribution is 2.38. The van der Waals surface area contributed by atoms with Gasteiger partial charge >= 0.3 is 5.97 Å². The summed E-state index contributed by atoms with van der Waals surface area (Å²) in [5, 5.41) is -1.39. The van der Waals surface area contributed by atoms with Gasteiger partial charge in [0, 0.05) is 18.2 Å². The lowest BCUT2D eigenvalue weighted by molar-refractivity contribution is -0.197. The van der Waals surface area contributed by atoms with Gasteiger partial charge in [0.1, 0.15) is 0 Å². The van der Waals surface area contributed by atoms with Gasteiger partial charge in [-0.1, -0.05) is 102 Å². The van der Waals surface area contributed by atoms with Crippen LogP contribution in [0.25, 0.3) is 0 Å². The van der Waals surface area contributed by atoms with E-state index in [9.17, 15) is 14.4 Å². The molecule has 1 aliphatic rings. The van der Waals surface area contributed by atoms with Crippen LogP contribution >= 0.6 is 23.5 Å². The minimum absolute atomic E-state index is 0.152. The molecular formula is C27H24O6S2. The predicted molar refractivity (Wildman–Crippen MR) is 137 cm³/mol. The van der Waals surface area contributed by atoms with Gasteiger partial charge in [0.05, 0.1) is 22.7 Å². The molecule has 4 rings (SSSR count). The number of hydrogen-bond donors (Lipinski definition) is 0. The summed E-state index contributed by atoms with van der Waals surface area (Å²) in [7, 11) is 1.46. The number of methoxy groups -OCH3 is 1. The zero-order valence-electron chi connectivity index (χ0n) is 18.9. The lowest BCUT2D eigenvalue weighted by Gasteiger charge is -2.40. The molecule has 1 saturated heterocycles. The van der Waals surface area contributed by atoms with E-state index in [1.54, 1.807) is 78.9 Å². The Hall–Kier alpha value is -2.91. The molecule has 1 fully saturated rings. The van der Waals surface area contributed by atoms with Crippen molar-refractivity contribution in [1.82, 2.24) is 0 Å². The number of ether oxygens (including phenoxy) is 3. The van der Waals surface area contributed by atoms with E-state index >= 15 is 0 Å². The smallest absolute Gasteiger partial charge is 0.338 e.